The average molecular weight is 391 g/mol. The molecule has 19 heavy (non-hydrogen) atoms. The molecule has 1 fully saturated rings. The highest BCUT2D eigenvalue weighted by molar-refractivity contribution is 9.11. The molecule has 0 radical (unpaired) electrons. The maximum Gasteiger partial charge on any atom is 0.142 e. The van der Waals surface area contributed by atoms with Gasteiger partial charge in [-0.25, -0.2) is 4.98 Å². The van der Waals surface area contributed by atoms with Crippen LogP contribution in [0.4, 0.5) is 5.82 Å². The predicted molar refractivity (Wildman–Crippen MR) is 87.8 cm³/mol. The summed E-state index contributed by atoms with van der Waals surface area (Å²) >= 11 is 7.09. The van der Waals surface area contributed by atoms with Crippen LogP contribution in [-0.4, -0.2) is 30.7 Å². The number of piperidine rings is 1. The molecule has 0 aromatic carbocycles. The van der Waals surface area contributed by atoms with Crippen LogP contribution in [0, 0.1) is 0 Å². The minimum atomic E-state index is 0.595. The third-order valence-corrected chi connectivity index (χ3v) is 4.45. The van der Waals surface area contributed by atoms with Crippen molar-refractivity contribution in [2.75, 3.05) is 24.5 Å². The van der Waals surface area contributed by atoms with E-state index in [1.165, 1.54) is 19.3 Å². The van der Waals surface area contributed by atoms with Crippen molar-refractivity contribution in [3.8, 4) is 0 Å². The molecule has 1 aliphatic rings. The summed E-state index contributed by atoms with van der Waals surface area (Å²) in [6.45, 7) is 5.46. The van der Waals surface area contributed by atoms with Crippen molar-refractivity contribution in [2.45, 2.75) is 38.6 Å². The molecular formula is C14H21Br2N3. The fraction of sp³-hybridized carbons (Fsp3) is 0.643. The van der Waals surface area contributed by atoms with Gasteiger partial charge in [-0.15, -0.1) is 0 Å². The Morgan fingerprint density at radius 3 is 2.89 bits per heavy atom. The lowest BCUT2D eigenvalue weighted by Gasteiger charge is -2.31. The first-order valence-electron chi connectivity index (χ1n) is 7.00. The Balaban J connectivity index is 2.09. The van der Waals surface area contributed by atoms with Crippen molar-refractivity contribution in [1.29, 1.82) is 0 Å². The number of hydrogen-bond donors (Lipinski definition) is 1. The number of rotatable bonds is 5. The first-order valence-corrected chi connectivity index (χ1v) is 8.58. The number of nitrogens with zero attached hydrogens (tertiary/aromatic N) is 2. The van der Waals surface area contributed by atoms with Gasteiger partial charge in [0.15, 0.2) is 0 Å². The summed E-state index contributed by atoms with van der Waals surface area (Å²) < 4.78 is 2.07. The van der Waals surface area contributed by atoms with E-state index in [-0.39, 0.29) is 0 Å². The first kappa shape index (κ1) is 15.3. The van der Waals surface area contributed by atoms with Crippen molar-refractivity contribution in [3.05, 3.63) is 21.2 Å². The van der Waals surface area contributed by atoms with Gasteiger partial charge in [-0.1, -0.05) is 13.3 Å². The highest BCUT2D eigenvalue weighted by Gasteiger charge is 2.18. The van der Waals surface area contributed by atoms with Crippen LogP contribution in [0.5, 0.6) is 0 Å². The lowest BCUT2D eigenvalue weighted by atomic mass is 10.0. The van der Waals surface area contributed by atoms with E-state index in [1.807, 2.05) is 6.20 Å². The normalized spacial score (nSPS) is 19.4. The van der Waals surface area contributed by atoms with E-state index in [1.54, 1.807) is 0 Å². The predicted octanol–water partition coefficient (Wildman–Crippen LogP) is 3.97. The number of hydrogen-bond acceptors (Lipinski definition) is 3. The molecule has 1 atom stereocenters. The summed E-state index contributed by atoms with van der Waals surface area (Å²) in [4.78, 5) is 6.96. The molecule has 0 saturated carbocycles. The number of halogens is 2. The van der Waals surface area contributed by atoms with Crippen LogP contribution >= 0.6 is 31.9 Å². The van der Waals surface area contributed by atoms with Crippen LogP contribution in [0.15, 0.2) is 21.2 Å². The molecule has 0 amide bonds. The Labute approximate surface area is 132 Å². The van der Waals surface area contributed by atoms with Gasteiger partial charge in [0, 0.05) is 29.8 Å². The molecule has 1 aliphatic heterocycles. The van der Waals surface area contributed by atoms with Gasteiger partial charge in [-0.2, -0.15) is 0 Å². The molecule has 1 saturated heterocycles. The van der Waals surface area contributed by atoms with Crippen molar-refractivity contribution in [3.63, 3.8) is 0 Å². The van der Waals surface area contributed by atoms with E-state index < -0.39 is 0 Å². The Hall–Kier alpha value is -0.130. The minimum absolute atomic E-state index is 0.595. The second-order valence-electron chi connectivity index (χ2n) is 5.05. The summed E-state index contributed by atoms with van der Waals surface area (Å²) in [5.41, 5.74) is 0. The fourth-order valence-corrected chi connectivity index (χ4v) is 3.78. The van der Waals surface area contributed by atoms with Crippen molar-refractivity contribution in [2.24, 2.45) is 0 Å². The third-order valence-electron chi connectivity index (χ3n) is 3.43. The number of anilines is 1. The topological polar surface area (TPSA) is 28.2 Å². The van der Waals surface area contributed by atoms with E-state index in [0.717, 1.165) is 40.8 Å². The Morgan fingerprint density at radius 1 is 1.42 bits per heavy atom. The first-order chi connectivity index (χ1) is 9.20. The van der Waals surface area contributed by atoms with E-state index in [9.17, 15) is 0 Å². The quantitative estimate of drug-likeness (QED) is 0.824. The van der Waals surface area contributed by atoms with Crippen molar-refractivity contribution >= 4 is 37.7 Å². The van der Waals surface area contributed by atoms with Gasteiger partial charge in [-0.05, 0) is 63.7 Å². The smallest absolute Gasteiger partial charge is 0.142 e. The van der Waals surface area contributed by atoms with Crippen LogP contribution < -0.4 is 10.2 Å². The largest absolute Gasteiger partial charge is 0.354 e. The zero-order valence-corrected chi connectivity index (χ0v) is 14.5. The second kappa shape index (κ2) is 7.60. The van der Waals surface area contributed by atoms with Gasteiger partial charge < -0.3 is 10.2 Å². The molecule has 0 spiro atoms. The lowest BCUT2D eigenvalue weighted by Crippen LogP contribution is -2.44. The highest BCUT2D eigenvalue weighted by atomic mass is 79.9. The molecule has 0 aliphatic carbocycles. The number of aromatic nitrogens is 1. The van der Waals surface area contributed by atoms with Crippen molar-refractivity contribution < 1.29 is 0 Å². The monoisotopic (exact) mass is 389 g/mol. The molecule has 2 rings (SSSR count). The molecule has 1 N–H and O–H groups in total. The van der Waals surface area contributed by atoms with Crippen LogP contribution in [0.1, 0.15) is 32.6 Å². The van der Waals surface area contributed by atoms with Crippen LogP contribution in [0.25, 0.3) is 0 Å². The molecule has 1 aromatic rings. The fourth-order valence-electron chi connectivity index (χ4n) is 2.54. The van der Waals surface area contributed by atoms with E-state index >= 15 is 0 Å². The molecule has 5 heteroatoms. The van der Waals surface area contributed by atoms with Gasteiger partial charge in [0.25, 0.3) is 0 Å². The molecule has 0 bridgehead atoms. The van der Waals surface area contributed by atoms with E-state index in [2.05, 4.69) is 60.1 Å². The molecule has 1 unspecified atom stereocenters. The molecule has 3 nitrogen and oxygen atoms in total. The second-order valence-corrected chi connectivity index (χ2v) is 6.82. The van der Waals surface area contributed by atoms with Gasteiger partial charge in [0.2, 0.25) is 0 Å². The Bertz CT molecular complexity index is 406. The minimum Gasteiger partial charge on any atom is -0.354 e. The van der Waals surface area contributed by atoms with E-state index in [4.69, 9.17) is 0 Å². The van der Waals surface area contributed by atoms with Crippen molar-refractivity contribution in [1.82, 2.24) is 10.3 Å². The van der Waals surface area contributed by atoms with Crippen LogP contribution in [-0.2, 0) is 0 Å². The number of pyridine rings is 1. The van der Waals surface area contributed by atoms with Crippen LogP contribution in [0.3, 0.4) is 0 Å². The number of nitrogens with one attached hydrogen (secondary N) is 1. The van der Waals surface area contributed by atoms with Gasteiger partial charge in [-0.3, -0.25) is 0 Å². The van der Waals surface area contributed by atoms with E-state index in [0.29, 0.717) is 6.04 Å². The molecule has 1 aromatic heterocycles. The van der Waals surface area contributed by atoms with Crippen LogP contribution in [0.2, 0.25) is 0 Å². The van der Waals surface area contributed by atoms with Gasteiger partial charge in [0.05, 0.1) is 4.47 Å². The summed E-state index contributed by atoms with van der Waals surface area (Å²) in [6.07, 6.45) is 6.93. The highest BCUT2D eigenvalue weighted by Crippen LogP contribution is 2.27. The zero-order valence-electron chi connectivity index (χ0n) is 11.3. The molecule has 2 heterocycles. The SMILES string of the molecule is CCCN(CC1CCCCN1)c1ncc(Br)cc1Br. The zero-order chi connectivity index (χ0) is 13.7. The average Bonchev–Trinajstić information content (AvgIpc) is 2.39. The van der Waals surface area contributed by atoms with Gasteiger partial charge in [0.1, 0.15) is 5.82 Å². The third kappa shape index (κ3) is 4.43. The maximum atomic E-state index is 4.57. The summed E-state index contributed by atoms with van der Waals surface area (Å²) in [5, 5.41) is 3.61. The summed E-state index contributed by atoms with van der Waals surface area (Å²) in [7, 11) is 0. The Kier molecular flexibility index (Phi) is 6.10. The standard InChI is InChI=1S/C14H21Br2N3/c1-2-7-19(10-12-5-3-4-6-17-12)14-13(16)8-11(15)9-18-14/h8-9,12,17H,2-7,10H2,1H3. The molecule has 106 valence electrons. The lowest BCUT2D eigenvalue weighted by molar-refractivity contribution is 0.398. The Morgan fingerprint density at radius 2 is 2.26 bits per heavy atom. The molecular weight excluding hydrogens is 370 g/mol. The maximum absolute atomic E-state index is 4.57. The van der Waals surface area contributed by atoms with Gasteiger partial charge >= 0.3 is 0 Å². The summed E-state index contributed by atoms with van der Waals surface area (Å²) in [5.74, 6) is 1.05. The summed E-state index contributed by atoms with van der Waals surface area (Å²) in [6, 6.07) is 2.66.